The first-order valence-electron chi connectivity index (χ1n) is 7.60. The molecule has 0 bridgehead atoms. The summed E-state index contributed by atoms with van der Waals surface area (Å²) >= 11 is 0. The standard InChI is InChI=1S/C16H25N3O2/c1-2-7-16(8-9-16)12-18-10-11-21-14-5-3-13(4-6-14)15(17)19-20/h3-6,18,20H,2,7-12H2,1H3,(H2,17,19). The Morgan fingerprint density at radius 1 is 1.38 bits per heavy atom. The second-order valence-corrected chi connectivity index (χ2v) is 5.78. The summed E-state index contributed by atoms with van der Waals surface area (Å²) < 4.78 is 5.66. The second-order valence-electron chi connectivity index (χ2n) is 5.78. The van der Waals surface area contributed by atoms with Crippen molar-refractivity contribution < 1.29 is 9.94 Å². The van der Waals surface area contributed by atoms with Crippen LogP contribution in [0.2, 0.25) is 0 Å². The minimum absolute atomic E-state index is 0.105. The number of benzene rings is 1. The van der Waals surface area contributed by atoms with Crippen LogP contribution in [0.5, 0.6) is 5.75 Å². The normalized spacial score (nSPS) is 16.7. The summed E-state index contributed by atoms with van der Waals surface area (Å²) in [6, 6.07) is 7.20. The summed E-state index contributed by atoms with van der Waals surface area (Å²) in [5, 5.41) is 15.0. The molecular formula is C16H25N3O2. The van der Waals surface area contributed by atoms with Crippen molar-refractivity contribution in [3.8, 4) is 5.75 Å². The Morgan fingerprint density at radius 2 is 2.10 bits per heavy atom. The fraction of sp³-hybridized carbons (Fsp3) is 0.562. The molecule has 4 N–H and O–H groups in total. The van der Waals surface area contributed by atoms with Crippen molar-refractivity contribution in [2.45, 2.75) is 32.6 Å². The summed E-state index contributed by atoms with van der Waals surface area (Å²) in [7, 11) is 0. The average Bonchev–Trinajstić information content (AvgIpc) is 3.27. The first-order chi connectivity index (χ1) is 10.2. The zero-order valence-electron chi connectivity index (χ0n) is 12.6. The minimum Gasteiger partial charge on any atom is -0.492 e. The molecule has 1 fully saturated rings. The molecule has 0 aromatic heterocycles. The Kier molecular flexibility index (Phi) is 5.44. The lowest BCUT2D eigenvalue weighted by molar-refractivity contribution is 0.304. The molecule has 0 heterocycles. The van der Waals surface area contributed by atoms with Crippen LogP contribution in [0.4, 0.5) is 0 Å². The van der Waals surface area contributed by atoms with Gasteiger partial charge in [0.15, 0.2) is 5.84 Å². The fourth-order valence-electron chi connectivity index (χ4n) is 2.60. The van der Waals surface area contributed by atoms with Gasteiger partial charge in [0.2, 0.25) is 0 Å². The largest absolute Gasteiger partial charge is 0.492 e. The topological polar surface area (TPSA) is 79.9 Å². The number of oxime groups is 1. The molecule has 1 saturated carbocycles. The Labute approximate surface area is 126 Å². The molecule has 5 nitrogen and oxygen atoms in total. The van der Waals surface area contributed by atoms with Crippen LogP contribution in [0.3, 0.4) is 0 Å². The number of rotatable bonds is 9. The van der Waals surface area contributed by atoms with Crippen molar-refractivity contribution >= 4 is 5.84 Å². The van der Waals surface area contributed by atoms with E-state index in [1.807, 2.05) is 12.1 Å². The Balaban J connectivity index is 1.65. The molecular weight excluding hydrogens is 266 g/mol. The van der Waals surface area contributed by atoms with Gasteiger partial charge in [-0.1, -0.05) is 18.5 Å². The maximum absolute atomic E-state index is 8.59. The zero-order chi connectivity index (χ0) is 15.1. The zero-order valence-corrected chi connectivity index (χ0v) is 12.6. The van der Waals surface area contributed by atoms with E-state index in [2.05, 4.69) is 17.4 Å². The highest BCUT2D eigenvalue weighted by Crippen LogP contribution is 2.48. The van der Waals surface area contributed by atoms with Crippen molar-refractivity contribution in [2.75, 3.05) is 19.7 Å². The predicted molar refractivity (Wildman–Crippen MR) is 83.9 cm³/mol. The molecule has 1 aliphatic rings. The fourth-order valence-corrected chi connectivity index (χ4v) is 2.60. The molecule has 2 rings (SSSR count). The van der Waals surface area contributed by atoms with Crippen molar-refractivity contribution in [1.29, 1.82) is 0 Å². The van der Waals surface area contributed by atoms with Gasteiger partial charge in [-0.3, -0.25) is 0 Å². The number of hydrogen-bond donors (Lipinski definition) is 3. The quantitative estimate of drug-likeness (QED) is 0.214. The molecule has 21 heavy (non-hydrogen) atoms. The lowest BCUT2D eigenvalue weighted by Crippen LogP contribution is -2.28. The summed E-state index contributed by atoms with van der Waals surface area (Å²) in [4.78, 5) is 0. The van der Waals surface area contributed by atoms with Gasteiger partial charge in [-0.2, -0.15) is 0 Å². The first-order valence-corrected chi connectivity index (χ1v) is 7.60. The van der Waals surface area contributed by atoms with Crippen LogP contribution in [0, 0.1) is 5.41 Å². The van der Waals surface area contributed by atoms with E-state index in [4.69, 9.17) is 15.7 Å². The second kappa shape index (κ2) is 7.31. The molecule has 0 unspecified atom stereocenters. The lowest BCUT2D eigenvalue weighted by Gasteiger charge is -2.15. The predicted octanol–water partition coefficient (Wildman–Crippen LogP) is 2.33. The van der Waals surface area contributed by atoms with E-state index in [1.165, 1.54) is 25.7 Å². The van der Waals surface area contributed by atoms with E-state index in [0.717, 1.165) is 18.8 Å². The number of nitrogens with two attached hydrogens (primary N) is 1. The Morgan fingerprint density at radius 3 is 2.67 bits per heavy atom. The van der Waals surface area contributed by atoms with E-state index in [1.54, 1.807) is 12.1 Å². The number of nitrogens with one attached hydrogen (secondary N) is 1. The van der Waals surface area contributed by atoms with Crippen LogP contribution in [-0.4, -0.2) is 30.7 Å². The van der Waals surface area contributed by atoms with Gasteiger partial charge in [-0.15, -0.1) is 0 Å². The Bertz CT molecular complexity index is 467. The smallest absolute Gasteiger partial charge is 0.170 e. The SMILES string of the molecule is CCCC1(CNCCOc2ccc(/C(N)=N/O)cc2)CC1. The van der Waals surface area contributed by atoms with Crippen molar-refractivity contribution in [3.05, 3.63) is 29.8 Å². The van der Waals surface area contributed by atoms with E-state index < -0.39 is 0 Å². The lowest BCUT2D eigenvalue weighted by atomic mass is 10.0. The van der Waals surface area contributed by atoms with E-state index in [-0.39, 0.29) is 5.84 Å². The Hall–Kier alpha value is -1.75. The van der Waals surface area contributed by atoms with Gasteiger partial charge >= 0.3 is 0 Å². The van der Waals surface area contributed by atoms with Crippen LogP contribution in [0.15, 0.2) is 29.4 Å². The van der Waals surface area contributed by atoms with Gasteiger partial charge in [0.1, 0.15) is 12.4 Å². The third-order valence-electron chi connectivity index (χ3n) is 4.04. The molecule has 0 radical (unpaired) electrons. The molecule has 0 amide bonds. The van der Waals surface area contributed by atoms with Gasteiger partial charge in [-0.05, 0) is 48.9 Å². The van der Waals surface area contributed by atoms with E-state index in [9.17, 15) is 0 Å². The van der Waals surface area contributed by atoms with Crippen molar-refractivity contribution in [1.82, 2.24) is 5.32 Å². The van der Waals surface area contributed by atoms with Gasteiger partial charge in [-0.25, -0.2) is 0 Å². The third-order valence-corrected chi connectivity index (χ3v) is 4.04. The third kappa shape index (κ3) is 4.63. The number of nitrogens with zero attached hydrogens (tertiary/aromatic N) is 1. The maximum Gasteiger partial charge on any atom is 0.170 e. The van der Waals surface area contributed by atoms with Crippen LogP contribution in [0.1, 0.15) is 38.2 Å². The maximum atomic E-state index is 8.59. The molecule has 0 atom stereocenters. The van der Waals surface area contributed by atoms with E-state index in [0.29, 0.717) is 17.6 Å². The van der Waals surface area contributed by atoms with Crippen LogP contribution in [-0.2, 0) is 0 Å². The van der Waals surface area contributed by atoms with Crippen molar-refractivity contribution in [2.24, 2.45) is 16.3 Å². The van der Waals surface area contributed by atoms with Crippen LogP contribution in [0.25, 0.3) is 0 Å². The number of ether oxygens (including phenoxy) is 1. The van der Waals surface area contributed by atoms with Gasteiger partial charge in [0, 0.05) is 18.7 Å². The van der Waals surface area contributed by atoms with E-state index >= 15 is 0 Å². The molecule has 0 aliphatic heterocycles. The molecule has 1 aliphatic carbocycles. The van der Waals surface area contributed by atoms with Crippen LogP contribution >= 0.6 is 0 Å². The van der Waals surface area contributed by atoms with Crippen LogP contribution < -0.4 is 15.8 Å². The number of hydrogen-bond acceptors (Lipinski definition) is 4. The first kappa shape index (κ1) is 15.6. The highest BCUT2D eigenvalue weighted by Gasteiger charge is 2.40. The summed E-state index contributed by atoms with van der Waals surface area (Å²) in [6.07, 6.45) is 5.33. The van der Waals surface area contributed by atoms with Crippen molar-refractivity contribution in [3.63, 3.8) is 0 Å². The van der Waals surface area contributed by atoms with Gasteiger partial charge in [0.05, 0.1) is 0 Å². The average molecular weight is 291 g/mol. The summed E-state index contributed by atoms with van der Waals surface area (Å²) in [6.45, 7) is 4.85. The minimum atomic E-state index is 0.105. The molecule has 1 aromatic rings. The highest BCUT2D eigenvalue weighted by atomic mass is 16.5. The van der Waals surface area contributed by atoms with Gasteiger partial charge < -0.3 is 21.0 Å². The summed E-state index contributed by atoms with van der Waals surface area (Å²) in [5.74, 6) is 0.898. The summed E-state index contributed by atoms with van der Waals surface area (Å²) in [5.41, 5.74) is 6.76. The molecule has 5 heteroatoms. The monoisotopic (exact) mass is 291 g/mol. The molecule has 116 valence electrons. The molecule has 0 saturated heterocycles. The highest BCUT2D eigenvalue weighted by molar-refractivity contribution is 5.97. The molecule has 0 spiro atoms. The van der Waals surface area contributed by atoms with Gasteiger partial charge in [0.25, 0.3) is 0 Å². The number of amidine groups is 1. The molecule has 1 aromatic carbocycles.